The van der Waals surface area contributed by atoms with Gasteiger partial charge in [-0.3, -0.25) is 0 Å². The van der Waals surface area contributed by atoms with Gasteiger partial charge in [0.15, 0.2) is 12.4 Å². The minimum absolute atomic E-state index is 1.07. The third-order valence-electron chi connectivity index (χ3n) is 2.73. The molecule has 0 bridgehead atoms. The molecule has 3 heterocycles. The van der Waals surface area contributed by atoms with E-state index in [0.717, 1.165) is 13.1 Å². The van der Waals surface area contributed by atoms with Crippen molar-refractivity contribution in [2.45, 2.75) is 13.1 Å². The van der Waals surface area contributed by atoms with Crippen LogP contribution in [0.3, 0.4) is 0 Å². The van der Waals surface area contributed by atoms with Gasteiger partial charge in [-0.25, -0.2) is 0 Å². The summed E-state index contributed by atoms with van der Waals surface area (Å²) in [7, 11) is -21.3. The van der Waals surface area contributed by atoms with Crippen LogP contribution in [-0.2, 0) is 13.1 Å². The fourth-order valence-corrected chi connectivity index (χ4v) is 2.02. The van der Waals surface area contributed by atoms with Crippen molar-refractivity contribution in [2.75, 3.05) is 0 Å². The van der Waals surface area contributed by atoms with E-state index in [1.54, 1.807) is 0 Å². The molecule has 2 aromatic heterocycles. The SMILES string of the molecule is F[P-](F)(F)(F)(F)F.F[P-](F)(F)(F)(F)F.c1cc[n+]2c(c1)-c1cccc[n+]1CC2. The monoisotopic (exact) mass is 474 g/mol. The summed E-state index contributed by atoms with van der Waals surface area (Å²) >= 11 is 0. The third kappa shape index (κ3) is 15.4. The number of hydrogen-bond acceptors (Lipinski definition) is 0. The maximum atomic E-state index is 9.87. The maximum Gasteiger partial charge on any atom is 0.277 e. The van der Waals surface area contributed by atoms with Crippen molar-refractivity contribution in [3.8, 4) is 11.4 Å². The largest absolute Gasteiger partial charge is 0.277 e. The average molecular weight is 474 g/mol. The molecule has 16 heteroatoms. The molecule has 1 aliphatic rings. The molecule has 2 nitrogen and oxygen atoms in total. The van der Waals surface area contributed by atoms with Crippen LogP contribution in [0.4, 0.5) is 50.4 Å². The number of hydrogen-bond donors (Lipinski definition) is 0. The quantitative estimate of drug-likeness (QED) is 0.210. The smallest absolute Gasteiger partial charge is 0.187 e. The van der Waals surface area contributed by atoms with E-state index < -0.39 is 15.6 Å². The number of aromatic nitrogens is 2. The topological polar surface area (TPSA) is 7.76 Å². The van der Waals surface area contributed by atoms with E-state index in [1.807, 2.05) is 0 Å². The van der Waals surface area contributed by atoms with Gasteiger partial charge in [0.25, 0.3) is 11.4 Å². The molecule has 0 radical (unpaired) electrons. The van der Waals surface area contributed by atoms with Crippen molar-refractivity contribution < 1.29 is 59.5 Å². The Labute approximate surface area is 149 Å². The van der Waals surface area contributed by atoms with Gasteiger partial charge in [-0.15, -0.1) is 0 Å². The van der Waals surface area contributed by atoms with Crippen LogP contribution in [0.2, 0.25) is 0 Å². The molecule has 3 rings (SSSR count). The molecular formula is C12H12F12N2P2. The number of pyridine rings is 2. The Morgan fingerprint density at radius 1 is 0.500 bits per heavy atom. The Bertz CT molecular complexity index is 762. The van der Waals surface area contributed by atoms with E-state index in [2.05, 4.69) is 57.9 Å². The summed E-state index contributed by atoms with van der Waals surface area (Å²) in [4.78, 5) is 0. The molecule has 164 valence electrons. The minimum Gasteiger partial charge on any atom is -0.187 e. The first kappa shape index (κ1) is 24.4. The summed E-state index contributed by atoms with van der Waals surface area (Å²) in [6.07, 6.45) is 4.29. The van der Waals surface area contributed by atoms with Crippen molar-refractivity contribution in [2.24, 2.45) is 0 Å². The van der Waals surface area contributed by atoms with Gasteiger partial charge in [0.05, 0.1) is 0 Å². The van der Waals surface area contributed by atoms with Crippen LogP contribution < -0.4 is 9.13 Å². The molecular weight excluding hydrogens is 462 g/mol. The summed E-state index contributed by atoms with van der Waals surface area (Å²) in [5.41, 5.74) is 2.61. The van der Waals surface area contributed by atoms with Crippen molar-refractivity contribution in [3.05, 3.63) is 48.8 Å². The van der Waals surface area contributed by atoms with E-state index in [9.17, 15) is 50.4 Å². The maximum absolute atomic E-state index is 10.7. The number of nitrogens with zero attached hydrogens (tertiary/aromatic N) is 2. The summed E-state index contributed by atoms with van der Waals surface area (Å²) in [6, 6.07) is 12.7. The molecule has 0 spiro atoms. The van der Waals surface area contributed by atoms with Gasteiger partial charge >= 0.3 is 66.0 Å². The number of aryl methyl sites for hydroxylation is 2. The second-order valence-corrected chi connectivity index (χ2v) is 9.31. The van der Waals surface area contributed by atoms with Crippen molar-refractivity contribution in [3.63, 3.8) is 0 Å². The summed E-state index contributed by atoms with van der Waals surface area (Å²) in [5.74, 6) is 0. The van der Waals surface area contributed by atoms with Gasteiger partial charge in [-0.1, -0.05) is 0 Å². The predicted molar refractivity (Wildman–Crippen MR) is 79.4 cm³/mol. The summed E-state index contributed by atoms with van der Waals surface area (Å²) < 4.78 is 123. The zero-order valence-electron chi connectivity index (χ0n) is 13.4. The fourth-order valence-electron chi connectivity index (χ4n) is 2.02. The molecule has 0 unspecified atom stereocenters. The van der Waals surface area contributed by atoms with Gasteiger partial charge in [0.2, 0.25) is 13.1 Å². The molecule has 0 saturated heterocycles. The van der Waals surface area contributed by atoms with Crippen LogP contribution in [-0.4, -0.2) is 0 Å². The molecule has 0 aliphatic carbocycles. The molecule has 2 aromatic rings. The molecule has 0 aromatic carbocycles. The summed E-state index contributed by atoms with van der Waals surface area (Å²) in [5, 5.41) is 0. The zero-order valence-corrected chi connectivity index (χ0v) is 15.1. The molecule has 0 fully saturated rings. The van der Waals surface area contributed by atoms with Crippen LogP contribution in [0.25, 0.3) is 11.4 Å². The second kappa shape index (κ2) is 5.91. The van der Waals surface area contributed by atoms with Gasteiger partial charge in [0, 0.05) is 24.3 Å². The molecule has 28 heavy (non-hydrogen) atoms. The second-order valence-electron chi connectivity index (χ2n) is 5.48. The van der Waals surface area contributed by atoms with E-state index in [1.165, 1.54) is 11.4 Å². The molecule has 0 atom stereocenters. The van der Waals surface area contributed by atoms with Crippen LogP contribution in [0.15, 0.2) is 48.8 Å². The zero-order chi connectivity index (χ0) is 22.2. The number of halogens is 12. The Balaban J connectivity index is 0.000000240. The van der Waals surface area contributed by atoms with Crippen molar-refractivity contribution in [1.82, 2.24) is 0 Å². The Morgan fingerprint density at radius 3 is 1.00 bits per heavy atom. The van der Waals surface area contributed by atoms with E-state index in [4.69, 9.17) is 0 Å². The standard InChI is InChI=1S/C12H12N2.2F6P/c1-3-7-13-9-10-14-8-4-2-6-12(14)11(13)5-1;2*1-7(2,3,4,5)6/h1-8H,9-10H2;;/q+2;2*-1. The molecule has 0 N–H and O–H groups in total. The van der Waals surface area contributed by atoms with Gasteiger partial charge in [0.1, 0.15) is 0 Å². The van der Waals surface area contributed by atoms with Crippen LogP contribution in [0.1, 0.15) is 0 Å². The molecule has 0 amide bonds. The first-order valence-electron chi connectivity index (χ1n) is 6.95. The van der Waals surface area contributed by atoms with Gasteiger partial charge < -0.3 is 0 Å². The van der Waals surface area contributed by atoms with E-state index >= 15 is 0 Å². The first-order chi connectivity index (χ1) is 11.8. The van der Waals surface area contributed by atoms with Gasteiger partial charge in [-0.05, 0) is 12.1 Å². The Kier molecular flexibility index (Phi) is 5.15. The number of rotatable bonds is 0. The van der Waals surface area contributed by atoms with E-state index in [-0.39, 0.29) is 0 Å². The summed E-state index contributed by atoms with van der Waals surface area (Å²) in [6.45, 7) is 2.13. The van der Waals surface area contributed by atoms with Gasteiger partial charge in [-0.2, -0.15) is 9.13 Å². The molecule has 0 saturated carbocycles. The number of fused-ring (bicyclic) bond motifs is 3. The van der Waals surface area contributed by atoms with Crippen molar-refractivity contribution >= 4 is 15.6 Å². The first-order valence-corrected chi connectivity index (χ1v) is 11.0. The Hall–Kier alpha value is -1.68. The normalized spacial score (nSPS) is 18.1. The third-order valence-corrected chi connectivity index (χ3v) is 2.73. The predicted octanol–water partition coefficient (Wildman–Crippen LogP) is 7.71. The van der Waals surface area contributed by atoms with Crippen LogP contribution in [0.5, 0.6) is 0 Å². The fraction of sp³-hybridized carbons (Fsp3) is 0.167. The minimum atomic E-state index is -10.7. The van der Waals surface area contributed by atoms with Crippen molar-refractivity contribution in [1.29, 1.82) is 0 Å². The Morgan fingerprint density at radius 2 is 0.750 bits per heavy atom. The average Bonchev–Trinajstić information content (AvgIpc) is 2.40. The van der Waals surface area contributed by atoms with Crippen LogP contribution in [0, 0.1) is 0 Å². The molecule has 1 aliphatic heterocycles. The van der Waals surface area contributed by atoms with Crippen LogP contribution >= 0.6 is 15.6 Å². The van der Waals surface area contributed by atoms with E-state index in [0.29, 0.717) is 0 Å².